The van der Waals surface area contributed by atoms with E-state index >= 15 is 0 Å². The van der Waals surface area contributed by atoms with Crippen molar-refractivity contribution < 1.29 is 14.7 Å². The zero-order valence-electron chi connectivity index (χ0n) is 11.2. The number of nitrogens with zero attached hydrogens (tertiary/aromatic N) is 1. The van der Waals surface area contributed by atoms with Gasteiger partial charge in [-0.1, -0.05) is 28.1 Å². The van der Waals surface area contributed by atoms with Crippen LogP contribution >= 0.6 is 15.9 Å². The highest BCUT2D eigenvalue weighted by atomic mass is 79.9. The Bertz CT molecular complexity index is 533. The molecule has 1 aromatic rings. The minimum atomic E-state index is -0.958. The second-order valence-electron chi connectivity index (χ2n) is 4.97. The predicted molar refractivity (Wildman–Crippen MR) is 78.3 cm³/mol. The first-order valence-electron chi connectivity index (χ1n) is 6.46. The quantitative estimate of drug-likeness (QED) is 0.872. The van der Waals surface area contributed by atoms with Gasteiger partial charge >= 0.3 is 5.97 Å². The Morgan fingerprint density at radius 2 is 2.30 bits per heavy atom. The number of rotatable bonds is 4. The van der Waals surface area contributed by atoms with E-state index in [2.05, 4.69) is 21.2 Å². The van der Waals surface area contributed by atoms with Crippen LogP contribution < -0.4 is 5.32 Å². The standard InChI is InChI=1S/C14H17BrN2O3/c1-9-2-3-10(11(15)6-9)8-17-5-4-16-14(20)12(17)7-13(18)19/h2-3,6,12H,4-5,7-8H2,1H3,(H,16,20)(H,18,19). The van der Waals surface area contributed by atoms with Crippen molar-refractivity contribution in [2.75, 3.05) is 13.1 Å². The third-order valence-electron chi connectivity index (χ3n) is 3.39. The molecule has 1 unspecified atom stereocenters. The van der Waals surface area contributed by atoms with Gasteiger partial charge in [-0.05, 0) is 24.1 Å². The minimum absolute atomic E-state index is 0.171. The molecule has 108 valence electrons. The highest BCUT2D eigenvalue weighted by Crippen LogP contribution is 2.22. The minimum Gasteiger partial charge on any atom is -0.481 e. The number of amides is 1. The lowest BCUT2D eigenvalue weighted by Crippen LogP contribution is -2.55. The van der Waals surface area contributed by atoms with Gasteiger partial charge in [0.15, 0.2) is 0 Å². The van der Waals surface area contributed by atoms with Gasteiger partial charge in [0.25, 0.3) is 0 Å². The average Bonchev–Trinajstić information content (AvgIpc) is 2.36. The number of aliphatic carboxylic acids is 1. The number of aryl methyl sites for hydroxylation is 1. The van der Waals surface area contributed by atoms with E-state index in [-0.39, 0.29) is 12.3 Å². The summed E-state index contributed by atoms with van der Waals surface area (Å²) in [6.07, 6.45) is -0.171. The van der Waals surface area contributed by atoms with Crippen molar-refractivity contribution in [3.63, 3.8) is 0 Å². The van der Waals surface area contributed by atoms with Gasteiger partial charge in [0.1, 0.15) is 6.04 Å². The van der Waals surface area contributed by atoms with Crippen LogP contribution in [0.2, 0.25) is 0 Å². The number of hydrogen-bond acceptors (Lipinski definition) is 3. The summed E-state index contributed by atoms with van der Waals surface area (Å²) in [6.45, 7) is 3.78. The summed E-state index contributed by atoms with van der Waals surface area (Å²) in [5.41, 5.74) is 2.21. The van der Waals surface area contributed by atoms with E-state index in [1.165, 1.54) is 0 Å². The molecule has 1 aliphatic rings. The Balaban J connectivity index is 2.16. The van der Waals surface area contributed by atoms with Gasteiger partial charge in [-0.15, -0.1) is 0 Å². The van der Waals surface area contributed by atoms with Crippen LogP contribution in [0.15, 0.2) is 22.7 Å². The van der Waals surface area contributed by atoms with Crippen molar-refractivity contribution in [3.8, 4) is 0 Å². The summed E-state index contributed by atoms with van der Waals surface area (Å²) in [5.74, 6) is -1.16. The smallest absolute Gasteiger partial charge is 0.305 e. The van der Waals surface area contributed by atoms with Crippen molar-refractivity contribution in [3.05, 3.63) is 33.8 Å². The zero-order valence-corrected chi connectivity index (χ0v) is 12.8. The lowest BCUT2D eigenvalue weighted by atomic mass is 10.1. The molecule has 1 aliphatic heterocycles. The summed E-state index contributed by atoms with van der Waals surface area (Å²) in [7, 11) is 0. The molecule has 0 aliphatic carbocycles. The highest BCUT2D eigenvalue weighted by Gasteiger charge is 2.31. The van der Waals surface area contributed by atoms with Crippen molar-refractivity contribution in [2.45, 2.75) is 25.9 Å². The maximum Gasteiger partial charge on any atom is 0.305 e. The van der Waals surface area contributed by atoms with E-state index in [0.717, 1.165) is 15.6 Å². The number of piperazine rings is 1. The summed E-state index contributed by atoms with van der Waals surface area (Å²) in [6, 6.07) is 5.43. The first-order valence-corrected chi connectivity index (χ1v) is 7.25. The molecular formula is C14H17BrN2O3. The fraction of sp³-hybridized carbons (Fsp3) is 0.429. The molecule has 0 spiro atoms. The highest BCUT2D eigenvalue weighted by molar-refractivity contribution is 9.10. The lowest BCUT2D eigenvalue weighted by molar-refractivity contribution is -0.143. The van der Waals surface area contributed by atoms with Crippen LogP contribution in [0.25, 0.3) is 0 Å². The third-order valence-corrected chi connectivity index (χ3v) is 4.13. The van der Waals surface area contributed by atoms with Gasteiger partial charge in [0.2, 0.25) is 5.91 Å². The Kier molecular flexibility index (Phi) is 4.77. The Hall–Kier alpha value is -1.40. The molecular weight excluding hydrogens is 324 g/mol. The summed E-state index contributed by atoms with van der Waals surface area (Å²) < 4.78 is 0.984. The number of nitrogens with one attached hydrogen (secondary N) is 1. The molecule has 1 atom stereocenters. The monoisotopic (exact) mass is 340 g/mol. The number of carboxylic acid groups (broad SMARTS) is 1. The number of hydrogen-bond donors (Lipinski definition) is 2. The molecule has 1 saturated heterocycles. The van der Waals surface area contributed by atoms with Gasteiger partial charge in [-0.2, -0.15) is 0 Å². The van der Waals surface area contributed by atoms with Crippen LogP contribution in [-0.4, -0.2) is 41.0 Å². The van der Waals surface area contributed by atoms with E-state index in [1.807, 2.05) is 30.0 Å². The number of carbonyl (C=O) groups excluding carboxylic acids is 1. The maximum atomic E-state index is 11.8. The number of benzene rings is 1. The molecule has 20 heavy (non-hydrogen) atoms. The summed E-state index contributed by atoms with van der Waals surface area (Å²) in [4.78, 5) is 24.7. The van der Waals surface area contributed by atoms with Crippen LogP contribution in [0, 0.1) is 6.92 Å². The second-order valence-corrected chi connectivity index (χ2v) is 5.82. The molecule has 0 bridgehead atoms. The molecule has 1 fully saturated rings. The number of carboxylic acids is 1. The molecule has 5 nitrogen and oxygen atoms in total. The molecule has 1 amide bonds. The van der Waals surface area contributed by atoms with Gasteiger partial charge in [0, 0.05) is 24.1 Å². The normalized spacial score (nSPS) is 19.7. The van der Waals surface area contributed by atoms with Crippen LogP contribution in [0.5, 0.6) is 0 Å². The summed E-state index contributed by atoms with van der Waals surface area (Å²) >= 11 is 3.52. The molecule has 0 saturated carbocycles. The molecule has 2 rings (SSSR count). The average molecular weight is 341 g/mol. The molecule has 2 N–H and O–H groups in total. The van der Waals surface area contributed by atoms with E-state index in [1.54, 1.807) is 0 Å². The van der Waals surface area contributed by atoms with Gasteiger partial charge in [0.05, 0.1) is 6.42 Å². The van der Waals surface area contributed by atoms with E-state index in [4.69, 9.17) is 5.11 Å². The Morgan fingerprint density at radius 3 is 2.95 bits per heavy atom. The van der Waals surface area contributed by atoms with Crippen LogP contribution in [0.1, 0.15) is 17.5 Å². The first kappa shape index (κ1) is 15.0. The van der Waals surface area contributed by atoms with Gasteiger partial charge in [-0.3, -0.25) is 14.5 Å². The maximum absolute atomic E-state index is 11.8. The van der Waals surface area contributed by atoms with Crippen molar-refractivity contribution in [2.24, 2.45) is 0 Å². The fourth-order valence-electron chi connectivity index (χ4n) is 2.34. The van der Waals surface area contributed by atoms with E-state index < -0.39 is 12.0 Å². The predicted octanol–water partition coefficient (Wildman–Crippen LogP) is 1.53. The lowest BCUT2D eigenvalue weighted by Gasteiger charge is -2.34. The zero-order chi connectivity index (χ0) is 14.7. The van der Waals surface area contributed by atoms with Crippen molar-refractivity contribution in [1.82, 2.24) is 10.2 Å². The van der Waals surface area contributed by atoms with Gasteiger partial charge < -0.3 is 10.4 Å². The van der Waals surface area contributed by atoms with E-state index in [0.29, 0.717) is 19.6 Å². The largest absolute Gasteiger partial charge is 0.481 e. The van der Waals surface area contributed by atoms with Crippen LogP contribution in [-0.2, 0) is 16.1 Å². The van der Waals surface area contributed by atoms with Crippen LogP contribution in [0.3, 0.4) is 0 Å². The van der Waals surface area contributed by atoms with Crippen LogP contribution in [0.4, 0.5) is 0 Å². The number of carbonyl (C=O) groups is 2. The SMILES string of the molecule is Cc1ccc(CN2CCNC(=O)C2CC(=O)O)c(Br)c1. The Labute approximate surface area is 126 Å². The molecule has 0 aromatic heterocycles. The topological polar surface area (TPSA) is 69.6 Å². The van der Waals surface area contributed by atoms with Gasteiger partial charge in [-0.25, -0.2) is 0 Å². The van der Waals surface area contributed by atoms with Crippen molar-refractivity contribution >= 4 is 27.8 Å². The second kappa shape index (κ2) is 6.37. The Morgan fingerprint density at radius 1 is 1.55 bits per heavy atom. The fourth-order valence-corrected chi connectivity index (χ4v) is 2.96. The molecule has 6 heteroatoms. The van der Waals surface area contributed by atoms with Crippen molar-refractivity contribution in [1.29, 1.82) is 0 Å². The molecule has 1 aromatic carbocycles. The first-order chi connectivity index (χ1) is 9.47. The molecule has 0 radical (unpaired) electrons. The van der Waals surface area contributed by atoms with E-state index in [9.17, 15) is 9.59 Å². The molecule has 1 heterocycles. The number of halogens is 1. The third kappa shape index (κ3) is 3.58. The summed E-state index contributed by atoms with van der Waals surface area (Å²) in [5, 5.41) is 11.7.